The molecule has 2 heterocycles. The minimum Gasteiger partial charge on any atom is -0.399 e. The maximum absolute atomic E-state index is 12.4. The number of pyridine rings is 1. The number of hydrogen-bond acceptors (Lipinski definition) is 4. The summed E-state index contributed by atoms with van der Waals surface area (Å²) < 4.78 is 0. The van der Waals surface area contributed by atoms with Crippen molar-refractivity contribution in [3.8, 4) is 11.3 Å². The van der Waals surface area contributed by atoms with Crippen molar-refractivity contribution in [1.82, 2.24) is 15.2 Å². The van der Waals surface area contributed by atoms with Crippen molar-refractivity contribution in [3.63, 3.8) is 0 Å². The van der Waals surface area contributed by atoms with Crippen LogP contribution < -0.4 is 11.3 Å². The Balaban J connectivity index is 1.90. The number of anilines is 1. The molecule has 0 fully saturated rings. The third-order valence-electron chi connectivity index (χ3n) is 4.43. The SMILES string of the molecule is CC(C)c1[nH][nH]c(=O)c1-c1cc(Sc2ccc(N)cc2)c2ccccc2n1. The maximum Gasteiger partial charge on any atom is 0.273 e. The van der Waals surface area contributed by atoms with Crippen LogP contribution in [0.4, 0.5) is 5.69 Å². The van der Waals surface area contributed by atoms with E-state index in [2.05, 4.69) is 16.3 Å². The number of aromatic nitrogens is 3. The van der Waals surface area contributed by atoms with E-state index in [4.69, 9.17) is 10.7 Å². The first-order valence-corrected chi connectivity index (χ1v) is 9.58. The zero-order valence-electron chi connectivity index (χ0n) is 15.1. The van der Waals surface area contributed by atoms with Crippen molar-refractivity contribution in [1.29, 1.82) is 0 Å². The highest BCUT2D eigenvalue weighted by Crippen LogP contribution is 2.36. The molecular formula is C21H20N4OS. The van der Waals surface area contributed by atoms with Gasteiger partial charge >= 0.3 is 0 Å². The molecule has 0 spiro atoms. The molecule has 136 valence electrons. The quantitative estimate of drug-likeness (QED) is 0.448. The lowest BCUT2D eigenvalue weighted by Crippen LogP contribution is -2.04. The summed E-state index contributed by atoms with van der Waals surface area (Å²) in [6.07, 6.45) is 0. The highest BCUT2D eigenvalue weighted by atomic mass is 32.2. The van der Waals surface area contributed by atoms with Crippen LogP contribution in [0.25, 0.3) is 22.2 Å². The van der Waals surface area contributed by atoms with Gasteiger partial charge in [-0.05, 0) is 42.3 Å². The Morgan fingerprint density at radius 3 is 2.52 bits per heavy atom. The number of para-hydroxylation sites is 1. The summed E-state index contributed by atoms with van der Waals surface area (Å²) in [6.45, 7) is 4.10. The van der Waals surface area contributed by atoms with Gasteiger partial charge in [0, 0.05) is 26.6 Å². The van der Waals surface area contributed by atoms with Crippen LogP contribution in [0.2, 0.25) is 0 Å². The van der Waals surface area contributed by atoms with E-state index < -0.39 is 0 Å². The van der Waals surface area contributed by atoms with Gasteiger partial charge in [-0.15, -0.1) is 0 Å². The number of rotatable bonds is 4. The number of nitrogens with zero attached hydrogens (tertiary/aromatic N) is 1. The summed E-state index contributed by atoms with van der Waals surface area (Å²) >= 11 is 1.64. The van der Waals surface area contributed by atoms with Gasteiger partial charge in [0.25, 0.3) is 5.56 Å². The number of H-pyrrole nitrogens is 2. The van der Waals surface area contributed by atoms with E-state index in [-0.39, 0.29) is 11.5 Å². The standard InChI is InChI=1S/C21H20N4OS/c1-12(2)20-19(21(26)25-24-20)17-11-18(15-5-3-4-6-16(15)23-17)27-14-9-7-13(22)8-10-14/h3-12H,22H2,1-2H3,(H2,24,25,26). The molecule has 0 saturated heterocycles. The van der Waals surface area contributed by atoms with Gasteiger partial charge in [0.15, 0.2) is 0 Å². The molecule has 0 aliphatic heterocycles. The van der Waals surface area contributed by atoms with Gasteiger partial charge in [0.05, 0.1) is 16.8 Å². The van der Waals surface area contributed by atoms with Crippen LogP contribution in [0.3, 0.4) is 0 Å². The predicted octanol–water partition coefficient (Wildman–Crippen LogP) is 4.78. The lowest BCUT2D eigenvalue weighted by Gasteiger charge is -2.11. The molecule has 4 N–H and O–H groups in total. The molecular weight excluding hydrogens is 356 g/mol. The van der Waals surface area contributed by atoms with Crippen molar-refractivity contribution in [2.45, 2.75) is 29.6 Å². The summed E-state index contributed by atoms with van der Waals surface area (Å²) in [4.78, 5) is 19.3. The maximum atomic E-state index is 12.4. The van der Waals surface area contributed by atoms with E-state index in [9.17, 15) is 4.79 Å². The highest BCUT2D eigenvalue weighted by Gasteiger charge is 2.18. The lowest BCUT2D eigenvalue weighted by molar-refractivity contribution is 0.810. The molecule has 0 aliphatic carbocycles. The molecule has 5 nitrogen and oxygen atoms in total. The molecule has 27 heavy (non-hydrogen) atoms. The zero-order valence-corrected chi connectivity index (χ0v) is 15.9. The number of nitrogens with two attached hydrogens (primary N) is 1. The Morgan fingerprint density at radius 2 is 1.78 bits per heavy atom. The second kappa shape index (κ2) is 6.96. The molecule has 0 aliphatic rings. The molecule has 0 radical (unpaired) electrons. The van der Waals surface area contributed by atoms with Gasteiger partial charge in [0.2, 0.25) is 0 Å². The van der Waals surface area contributed by atoms with Crippen molar-refractivity contribution >= 4 is 28.4 Å². The van der Waals surface area contributed by atoms with Gasteiger partial charge in [-0.25, -0.2) is 4.98 Å². The smallest absolute Gasteiger partial charge is 0.273 e. The molecule has 2 aromatic heterocycles. The van der Waals surface area contributed by atoms with E-state index in [0.717, 1.165) is 32.1 Å². The van der Waals surface area contributed by atoms with E-state index in [1.165, 1.54) is 0 Å². The van der Waals surface area contributed by atoms with Crippen LogP contribution in [-0.2, 0) is 0 Å². The van der Waals surface area contributed by atoms with Gasteiger partial charge in [-0.3, -0.25) is 9.89 Å². The Morgan fingerprint density at radius 1 is 1.04 bits per heavy atom. The van der Waals surface area contributed by atoms with Gasteiger partial charge in [-0.2, -0.15) is 0 Å². The second-order valence-corrected chi connectivity index (χ2v) is 7.83. The molecule has 0 bridgehead atoms. The zero-order chi connectivity index (χ0) is 19.0. The minimum absolute atomic E-state index is 0.148. The fraction of sp³-hybridized carbons (Fsp3) is 0.143. The van der Waals surface area contributed by atoms with E-state index >= 15 is 0 Å². The van der Waals surface area contributed by atoms with Gasteiger partial charge < -0.3 is 10.8 Å². The molecule has 0 saturated carbocycles. The summed E-state index contributed by atoms with van der Waals surface area (Å²) in [6, 6.07) is 17.8. The van der Waals surface area contributed by atoms with Crippen molar-refractivity contribution < 1.29 is 0 Å². The molecule has 0 atom stereocenters. The van der Waals surface area contributed by atoms with Gasteiger partial charge in [-0.1, -0.05) is 43.8 Å². The van der Waals surface area contributed by atoms with Crippen LogP contribution in [-0.4, -0.2) is 15.2 Å². The Kier molecular flexibility index (Phi) is 4.49. The lowest BCUT2D eigenvalue weighted by atomic mass is 10.0. The van der Waals surface area contributed by atoms with Gasteiger partial charge in [0.1, 0.15) is 0 Å². The normalized spacial score (nSPS) is 11.4. The molecule has 4 rings (SSSR count). The second-order valence-electron chi connectivity index (χ2n) is 6.72. The number of nitrogen functional groups attached to an aromatic ring is 1. The van der Waals surface area contributed by atoms with Crippen molar-refractivity contribution in [2.75, 3.05) is 5.73 Å². The number of fused-ring (bicyclic) bond motifs is 1. The summed E-state index contributed by atoms with van der Waals surface area (Å²) in [7, 11) is 0. The Bertz CT molecular complexity index is 1160. The average molecular weight is 376 g/mol. The predicted molar refractivity (Wildman–Crippen MR) is 111 cm³/mol. The highest BCUT2D eigenvalue weighted by molar-refractivity contribution is 7.99. The van der Waals surface area contributed by atoms with Crippen LogP contribution in [0.15, 0.2) is 69.2 Å². The van der Waals surface area contributed by atoms with E-state index in [1.807, 2.05) is 62.4 Å². The monoisotopic (exact) mass is 376 g/mol. The molecule has 6 heteroatoms. The van der Waals surface area contributed by atoms with Crippen LogP contribution in [0.1, 0.15) is 25.5 Å². The third-order valence-corrected chi connectivity index (χ3v) is 5.49. The van der Waals surface area contributed by atoms with Crippen LogP contribution in [0, 0.1) is 0 Å². The Labute approximate surface area is 161 Å². The first-order chi connectivity index (χ1) is 13.0. The average Bonchev–Trinajstić information content (AvgIpc) is 3.05. The number of hydrogen-bond donors (Lipinski definition) is 3. The summed E-state index contributed by atoms with van der Waals surface area (Å²) in [5, 5.41) is 6.75. The number of aromatic amines is 2. The first kappa shape index (κ1) is 17.4. The number of benzene rings is 2. The summed E-state index contributed by atoms with van der Waals surface area (Å²) in [5.41, 5.74) is 9.40. The molecule has 0 unspecified atom stereocenters. The van der Waals surface area contributed by atoms with Crippen molar-refractivity contribution in [2.24, 2.45) is 0 Å². The topological polar surface area (TPSA) is 87.6 Å². The molecule has 2 aromatic carbocycles. The largest absolute Gasteiger partial charge is 0.399 e. The fourth-order valence-corrected chi connectivity index (χ4v) is 4.06. The summed E-state index contributed by atoms with van der Waals surface area (Å²) in [5.74, 6) is 0.181. The van der Waals surface area contributed by atoms with Crippen molar-refractivity contribution in [3.05, 3.63) is 70.6 Å². The Hall–Kier alpha value is -2.99. The molecule has 4 aromatic rings. The first-order valence-electron chi connectivity index (χ1n) is 8.77. The fourth-order valence-electron chi connectivity index (χ4n) is 3.08. The van der Waals surface area contributed by atoms with E-state index in [1.54, 1.807) is 11.8 Å². The van der Waals surface area contributed by atoms with Crippen LogP contribution >= 0.6 is 11.8 Å². The van der Waals surface area contributed by atoms with Crippen LogP contribution in [0.5, 0.6) is 0 Å². The van der Waals surface area contributed by atoms with E-state index in [0.29, 0.717) is 11.3 Å². The molecule has 0 amide bonds. The minimum atomic E-state index is -0.148. The number of nitrogens with one attached hydrogen (secondary N) is 2. The third kappa shape index (κ3) is 3.36.